The Morgan fingerprint density at radius 2 is 1.93 bits per heavy atom. The number of hydrogen-bond donors (Lipinski definition) is 2. The summed E-state index contributed by atoms with van der Waals surface area (Å²) >= 11 is 3.30. The summed E-state index contributed by atoms with van der Waals surface area (Å²) in [6, 6.07) is 5.53. The Labute approximate surface area is 160 Å². The maximum Gasteiger partial charge on any atom is 0.417 e. The van der Waals surface area contributed by atoms with Crippen molar-refractivity contribution in [3.05, 3.63) is 56.4 Å². The number of aromatic amines is 1. The van der Waals surface area contributed by atoms with Crippen LogP contribution in [0.3, 0.4) is 0 Å². The molecule has 0 aliphatic carbocycles. The average molecular weight is 446 g/mol. The number of benzene rings is 1. The Morgan fingerprint density at radius 3 is 2.59 bits per heavy atom. The van der Waals surface area contributed by atoms with Gasteiger partial charge in [-0.15, -0.1) is 0 Å². The second-order valence-corrected chi connectivity index (χ2v) is 6.75. The number of nitrogens with one attached hydrogen (secondary N) is 2. The van der Waals surface area contributed by atoms with Crippen molar-refractivity contribution in [2.45, 2.75) is 6.18 Å². The van der Waals surface area contributed by atoms with E-state index in [1.165, 1.54) is 0 Å². The van der Waals surface area contributed by atoms with E-state index < -0.39 is 28.8 Å². The first kappa shape index (κ1) is 19.4. The van der Waals surface area contributed by atoms with E-state index in [1.807, 2.05) is 4.90 Å². The zero-order valence-electron chi connectivity index (χ0n) is 13.9. The fourth-order valence-corrected chi connectivity index (χ4v) is 3.13. The van der Waals surface area contributed by atoms with Gasteiger partial charge in [0.1, 0.15) is 0 Å². The third kappa shape index (κ3) is 4.51. The van der Waals surface area contributed by atoms with Crippen molar-refractivity contribution in [3.63, 3.8) is 0 Å². The van der Waals surface area contributed by atoms with Crippen molar-refractivity contribution >= 4 is 33.2 Å². The highest BCUT2D eigenvalue weighted by molar-refractivity contribution is 9.10. The molecular formula is C17H15BrF3N3O3. The molecule has 2 aromatic rings. The van der Waals surface area contributed by atoms with Crippen molar-refractivity contribution in [1.82, 2.24) is 4.98 Å². The summed E-state index contributed by atoms with van der Waals surface area (Å²) in [5, 5.41) is 2.52. The molecule has 6 nitrogen and oxygen atoms in total. The number of carbonyl (C=O) groups is 1. The summed E-state index contributed by atoms with van der Waals surface area (Å²) in [5.74, 6) is -0.966. The van der Waals surface area contributed by atoms with E-state index in [2.05, 4.69) is 26.2 Å². The van der Waals surface area contributed by atoms with Gasteiger partial charge in [-0.3, -0.25) is 9.59 Å². The van der Waals surface area contributed by atoms with Gasteiger partial charge in [0, 0.05) is 29.8 Å². The third-order valence-corrected chi connectivity index (χ3v) is 4.53. The molecule has 0 atom stereocenters. The van der Waals surface area contributed by atoms with Crippen LogP contribution < -0.4 is 15.8 Å². The molecule has 3 rings (SSSR count). The maximum absolute atomic E-state index is 13.2. The molecule has 0 unspecified atom stereocenters. The third-order valence-electron chi connectivity index (χ3n) is 4.03. The number of hydrogen-bond acceptors (Lipinski definition) is 4. The molecule has 0 saturated carbocycles. The first-order valence-corrected chi connectivity index (χ1v) is 8.78. The minimum absolute atomic E-state index is 0.357. The Kier molecular flexibility index (Phi) is 5.56. The number of pyridine rings is 1. The first-order valence-electron chi connectivity index (χ1n) is 7.99. The molecule has 144 valence electrons. The highest BCUT2D eigenvalue weighted by Gasteiger charge is 2.36. The summed E-state index contributed by atoms with van der Waals surface area (Å²) in [5.41, 5.74) is -1.85. The molecule has 1 aliphatic rings. The zero-order chi connectivity index (χ0) is 19.6. The minimum Gasteiger partial charge on any atom is -0.378 e. The lowest BCUT2D eigenvalue weighted by Gasteiger charge is -2.30. The average Bonchev–Trinajstić information content (AvgIpc) is 2.61. The second kappa shape index (κ2) is 7.73. The van der Waals surface area contributed by atoms with E-state index in [0.717, 1.165) is 6.20 Å². The van der Waals surface area contributed by atoms with Crippen LogP contribution >= 0.6 is 15.9 Å². The minimum atomic E-state index is -4.83. The van der Waals surface area contributed by atoms with Crippen molar-refractivity contribution in [3.8, 4) is 0 Å². The number of amides is 1. The van der Waals surface area contributed by atoms with Crippen LogP contribution in [0.4, 0.5) is 24.5 Å². The normalized spacial score (nSPS) is 14.9. The molecular weight excluding hydrogens is 431 g/mol. The molecule has 1 aromatic heterocycles. The Bertz CT molecular complexity index is 908. The van der Waals surface area contributed by atoms with Gasteiger partial charge in [-0.2, -0.15) is 13.2 Å². The fourth-order valence-electron chi connectivity index (χ4n) is 2.77. The van der Waals surface area contributed by atoms with E-state index in [9.17, 15) is 22.8 Å². The predicted molar refractivity (Wildman–Crippen MR) is 97.2 cm³/mol. The summed E-state index contributed by atoms with van der Waals surface area (Å²) in [4.78, 5) is 27.9. The van der Waals surface area contributed by atoms with Gasteiger partial charge in [0.05, 0.1) is 35.7 Å². The van der Waals surface area contributed by atoms with Gasteiger partial charge >= 0.3 is 6.18 Å². The number of alkyl halides is 3. The monoisotopic (exact) mass is 445 g/mol. The number of rotatable bonds is 3. The molecule has 2 N–H and O–H groups in total. The largest absolute Gasteiger partial charge is 0.417 e. The Morgan fingerprint density at radius 1 is 1.22 bits per heavy atom. The Hall–Kier alpha value is -2.33. The predicted octanol–water partition coefficient (Wildman–Crippen LogP) is 3.25. The maximum atomic E-state index is 13.2. The van der Waals surface area contributed by atoms with Crippen LogP contribution in [0.2, 0.25) is 0 Å². The van der Waals surface area contributed by atoms with E-state index in [-0.39, 0.29) is 0 Å². The number of H-pyrrole nitrogens is 1. The molecule has 27 heavy (non-hydrogen) atoms. The van der Waals surface area contributed by atoms with Crippen LogP contribution in [0, 0.1) is 0 Å². The summed E-state index contributed by atoms with van der Waals surface area (Å²) in [6.45, 7) is 2.22. The van der Waals surface area contributed by atoms with Crippen molar-refractivity contribution in [2.24, 2.45) is 0 Å². The van der Waals surface area contributed by atoms with Crippen molar-refractivity contribution in [1.29, 1.82) is 0 Å². The molecule has 1 aliphatic heterocycles. The SMILES string of the molecule is O=C(Nc1cc(Br)ccc1N1CCOCC1)c1c[nH]c(=O)cc1C(F)(F)F. The molecule has 1 amide bonds. The van der Waals surface area contributed by atoms with Gasteiger partial charge in [0.2, 0.25) is 5.56 Å². The number of nitrogens with zero attached hydrogens (tertiary/aromatic N) is 1. The molecule has 0 bridgehead atoms. The van der Waals surface area contributed by atoms with Crippen LogP contribution in [-0.2, 0) is 10.9 Å². The Balaban J connectivity index is 1.95. The molecule has 2 heterocycles. The number of anilines is 2. The standard InChI is InChI=1S/C17H15BrF3N3O3/c18-10-1-2-14(24-3-5-27-6-4-24)13(7-10)23-16(26)11-9-22-15(25)8-12(11)17(19,20)21/h1-2,7-9H,3-6H2,(H,22,25)(H,23,26). The number of ether oxygens (including phenoxy) is 1. The van der Waals surface area contributed by atoms with Crippen LogP contribution in [0.15, 0.2) is 39.7 Å². The lowest BCUT2D eigenvalue weighted by Crippen LogP contribution is -2.36. The lowest BCUT2D eigenvalue weighted by atomic mass is 10.1. The van der Waals surface area contributed by atoms with Gasteiger partial charge < -0.3 is 19.9 Å². The molecule has 0 spiro atoms. The lowest BCUT2D eigenvalue weighted by molar-refractivity contribution is -0.138. The molecule has 10 heteroatoms. The van der Waals surface area contributed by atoms with Gasteiger partial charge in [0.25, 0.3) is 5.91 Å². The second-order valence-electron chi connectivity index (χ2n) is 5.84. The quantitative estimate of drug-likeness (QED) is 0.760. The fraction of sp³-hybridized carbons (Fsp3) is 0.294. The molecule has 1 saturated heterocycles. The summed E-state index contributed by atoms with van der Waals surface area (Å²) < 4.78 is 45.6. The smallest absolute Gasteiger partial charge is 0.378 e. The highest BCUT2D eigenvalue weighted by atomic mass is 79.9. The number of morpholine rings is 1. The van der Waals surface area contributed by atoms with E-state index in [0.29, 0.717) is 48.2 Å². The number of halogens is 4. The van der Waals surface area contributed by atoms with Gasteiger partial charge in [-0.1, -0.05) is 15.9 Å². The van der Waals surface area contributed by atoms with Crippen molar-refractivity contribution in [2.75, 3.05) is 36.5 Å². The van der Waals surface area contributed by atoms with Gasteiger partial charge in [-0.05, 0) is 18.2 Å². The van der Waals surface area contributed by atoms with Crippen LogP contribution in [-0.4, -0.2) is 37.2 Å². The highest BCUT2D eigenvalue weighted by Crippen LogP contribution is 2.33. The molecule has 1 aromatic carbocycles. The van der Waals surface area contributed by atoms with Crippen molar-refractivity contribution < 1.29 is 22.7 Å². The van der Waals surface area contributed by atoms with Crippen LogP contribution in [0.5, 0.6) is 0 Å². The van der Waals surface area contributed by atoms with Gasteiger partial charge in [-0.25, -0.2) is 0 Å². The number of carbonyl (C=O) groups excluding carboxylic acids is 1. The topological polar surface area (TPSA) is 74.4 Å². The zero-order valence-corrected chi connectivity index (χ0v) is 15.5. The summed E-state index contributed by atoms with van der Waals surface area (Å²) in [7, 11) is 0. The molecule has 0 radical (unpaired) electrons. The first-order chi connectivity index (χ1) is 12.8. The van der Waals surface area contributed by atoms with Crippen LogP contribution in [0.25, 0.3) is 0 Å². The molecule has 1 fully saturated rings. The summed E-state index contributed by atoms with van der Waals surface area (Å²) in [6.07, 6.45) is -4.06. The number of aromatic nitrogens is 1. The van der Waals surface area contributed by atoms with E-state index in [4.69, 9.17) is 4.74 Å². The van der Waals surface area contributed by atoms with Gasteiger partial charge in [0.15, 0.2) is 0 Å². The van der Waals surface area contributed by atoms with Crippen LogP contribution in [0.1, 0.15) is 15.9 Å². The van der Waals surface area contributed by atoms with E-state index >= 15 is 0 Å². The van der Waals surface area contributed by atoms with E-state index in [1.54, 1.807) is 18.2 Å².